The van der Waals surface area contributed by atoms with Crippen LogP contribution in [0.25, 0.3) is 0 Å². The Morgan fingerprint density at radius 3 is 1.32 bits per heavy atom. The molecule has 31 heavy (non-hydrogen) atoms. The third kappa shape index (κ3) is 14.9. The Kier molecular flexibility index (Phi) is 17.8. The Morgan fingerprint density at radius 1 is 0.581 bits per heavy atom. The van der Waals surface area contributed by atoms with Crippen LogP contribution >= 0.6 is 0 Å². The summed E-state index contributed by atoms with van der Waals surface area (Å²) in [6, 6.07) is 0. The van der Waals surface area contributed by atoms with Crippen molar-refractivity contribution in [2.45, 2.75) is 125 Å². The van der Waals surface area contributed by atoms with Crippen molar-refractivity contribution in [3.8, 4) is 0 Å². The minimum Gasteiger partial charge on any atom is -0.374 e. The highest BCUT2D eigenvalue weighted by Gasteiger charge is 2.57. The first kappa shape index (κ1) is 31.2. The highest BCUT2D eigenvalue weighted by molar-refractivity contribution is 6.71. The van der Waals surface area contributed by atoms with Crippen LogP contribution in [0.4, 0.5) is 0 Å². The van der Waals surface area contributed by atoms with Crippen molar-refractivity contribution < 1.29 is 26.2 Å². The molecule has 0 saturated carbocycles. The zero-order valence-corrected chi connectivity index (χ0v) is 23.8. The Hall–Kier alpha value is 0.194. The van der Waals surface area contributed by atoms with Crippen LogP contribution in [0.3, 0.4) is 0 Å². The molecule has 0 rings (SSSR count). The lowest BCUT2D eigenvalue weighted by atomic mass is 10.0. The Bertz CT molecular complexity index is 403. The highest BCUT2D eigenvalue weighted by Crippen LogP contribution is 2.29. The zero-order chi connectivity index (χ0) is 23.6. The zero-order valence-electron chi connectivity index (χ0n) is 21.8. The van der Waals surface area contributed by atoms with E-state index >= 15 is 0 Å². The summed E-state index contributed by atoms with van der Waals surface area (Å²) in [4.78, 5) is 0. The van der Waals surface area contributed by atoms with Crippen molar-refractivity contribution in [1.82, 2.24) is 0 Å². The van der Waals surface area contributed by atoms with Crippen molar-refractivity contribution in [2.75, 3.05) is 26.4 Å². The molecule has 0 aromatic heterocycles. The van der Waals surface area contributed by atoms with E-state index in [4.69, 9.17) is 26.2 Å². The molecule has 188 valence electrons. The van der Waals surface area contributed by atoms with Crippen molar-refractivity contribution in [1.29, 1.82) is 0 Å². The van der Waals surface area contributed by atoms with Crippen molar-refractivity contribution in [3.63, 3.8) is 0 Å². The van der Waals surface area contributed by atoms with E-state index in [0.717, 1.165) is 64.2 Å². The van der Waals surface area contributed by atoms with E-state index in [1.807, 2.05) is 6.55 Å². The largest absolute Gasteiger partial charge is 0.672 e. The first-order chi connectivity index (χ1) is 14.7. The van der Waals surface area contributed by atoms with Gasteiger partial charge in [0.15, 0.2) is 0 Å². The van der Waals surface area contributed by atoms with Gasteiger partial charge in [-0.3, -0.25) is 0 Å². The maximum atomic E-state index is 6.66. The first-order valence-electron chi connectivity index (χ1n) is 12.7. The Labute approximate surface area is 195 Å². The van der Waals surface area contributed by atoms with Gasteiger partial charge in [-0.2, -0.15) is 0 Å². The molecule has 0 aromatic rings. The van der Waals surface area contributed by atoms with Crippen LogP contribution in [0, 0.1) is 0 Å². The molecule has 0 aliphatic rings. The van der Waals surface area contributed by atoms with Gasteiger partial charge in [0.05, 0.1) is 5.60 Å². The maximum Gasteiger partial charge on any atom is 0.672 e. The molecule has 0 radical (unpaired) electrons. The Balaban J connectivity index is 5.80. The van der Waals surface area contributed by atoms with Crippen LogP contribution in [0.2, 0.25) is 6.55 Å². The molecule has 0 heterocycles. The summed E-state index contributed by atoms with van der Waals surface area (Å²) in [5.41, 5.74) is -0.415. The summed E-state index contributed by atoms with van der Waals surface area (Å²) in [7, 11) is -6.50. The summed E-state index contributed by atoms with van der Waals surface area (Å²) >= 11 is 0. The predicted octanol–water partition coefficient (Wildman–Crippen LogP) is 6.87. The molecule has 0 atom stereocenters. The molecule has 0 bridgehead atoms. The van der Waals surface area contributed by atoms with Crippen LogP contribution in [0.15, 0.2) is 0 Å². The van der Waals surface area contributed by atoms with Gasteiger partial charge in [-0.25, -0.2) is 0 Å². The summed E-state index contributed by atoms with van der Waals surface area (Å²) in [6.07, 6.45) is 9.88. The lowest BCUT2D eigenvalue weighted by molar-refractivity contribution is -0.0776. The molecule has 8 heteroatoms. The number of hydrogen-bond acceptors (Lipinski definition) is 6. The molecule has 6 nitrogen and oxygen atoms in total. The summed E-state index contributed by atoms with van der Waals surface area (Å²) < 4.78 is 38.5. The number of hydrogen-bond donors (Lipinski definition) is 0. The van der Waals surface area contributed by atoms with Crippen LogP contribution in [0.1, 0.15) is 113 Å². The van der Waals surface area contributed by atoms with Crippen molar-refractivity contribution >= 4 is 17.9 Å². The average Bonchev–Trinajstić information content (AvgIpc) is 2.68. The topological polar surface area (TPSA) is 55.4 Å². The third-order valence-corrected chi connectivity index (χ3v) is 10.7. The van der Waals surface area contributed by atoms with Gasteiger partial charge in [0.2, 0.25) is 0 Å². The van der Waals surface area contributed by atoms with Gasteiger partial charge in [-0.15, -0.1) is 0 Å². The smallest absolute Gasteiger partial charge is 0.374 e. The van der Waals surface area contributed by atoms with Gasteiger partial charge in [0, 0.05) is 33.0 Å². The van der Waals surface area contributed by atoms with E-state index < -0.39 is 23.5 Å². The molecule has 0 N–H and O–H groups in total. The van der Waals surface area contributed by atoms with E-state index in [0.29, 0.717) is 26.4 Å². The highest BCUT2D eigenvalue weighted by atomic mass is 28.5. The van der Waals surface area contributed by atoms with E-state index in [9.17, 15) is 0 Å². The third-order valence-electron chi connectivity index (χ3n) is 4.84. The molecule has 0 unspecified atom stereocenters. The van der Waals surface area contributed by atoms with Gasteiger partial charge >= 0.3 is 17.9 Å². The van der Waals surface area contributed by atoms with Crippen LogP contribution < -0.4 is 0 Å². The van der Waals surface area contributed by atoms with Crippen LogP contribution in [0.5, 0.6) is 0 Å². The van der Waals surface area contributed by atoms with E-state index in [-0.39, 0.29) is 0 Å². The molecule has 0 saturated heterocycles. The fourth-order valence-electron chi connectivity index (χ4n) is 2.99. The van der Waals surface area contributed by atoms with Gasteiger partial charge in [0.25, 0.3) is 0 Å². The van der Waals surface area contributed by atoms with Crippen molar-refractivity contribution in [3.05, 3.63) is 0 Å². The second-order valence-corrected chi connectivity index (χ2v) is 13.8. The Morgan fingerprint density at radius 2 is 0.968 bits per heavy atom. The maximum absolute atomic E-state index is 6.66. The van der Waals surface area contributed by atoms with Gasteiger partial charge in [0.1, 0.15) is 0 Å². The molecule has 0 spiro atoms. The van der Waals surface area contributed by atoms with Gasteiger partial charge in [-0.1, -0.05) is 66.7 Å². The first-order valence-corrected chi connectivity index (χ1v) is 16.5. The van der Waals surface area contributed by atoms with Crippen LogP contribution in [-0.2, 0) is 26.2 Å². The lowest BCUT2D eigenvalue weighted by Gasteiger charge is -2.40. The predicted molar refractivity (Wildman–Crippen MR) is 132 cm³/mol. The molecular formula is C23H52O6Si2. The quantitative estimate of drug-likeness (QED) is 0.124. The normalized spacial score (nSPS) is 13.2. The SMILES string of the molecule is CCCCO[Si](C)(OCCCC)O[Si](OCCCC)(OCCCC)OC(C)(C)CCC. The summed E-state index contributed by atoms with van der Waals surface area (Å²) in [5.74, 6) is 0. The van der Waals surface area contributed by atoms with Crippen LogP contribution in [-0.4, -0.2) is 49.9 Å². The summed E-state index contributed by atoms with van der Waals surface area (Å²) in [5, 5.41) is 0. The van der Waals surface area contributed by atoms with Gasteiger partial charge < -0.3 is 26.2 Å². The van der Waals surface area contributed by atoms with E-state index in [2.05, 4.69) is 48.5 Å². The molecule has 0 amide bonds. The minimum absolute atomic E-state index is 0.415. The average molecular weight is 481 g/mol. The minimum atomic E-state index is -3.49. The monoisotopic (exact) mass is 480 g/mol. The van der Waals surface area contributed by atoms with Crippen molar-refractivity contribution in [2.24, 2.45) is 0 Å². The fraction of sp³-hybridized carbons (Fsp3) is 1.00. The molecule has 0 fully saturated rings. The molecule has 0 aliphatic heterocycles. The lowest BCUT2D eigenvalue weighted by Crippen LogP contribution is -2.62. The second kappa shape index (κ2) is 17.6. The summed E-state index contributed by atoms with van der Waals surface area (Å²) in [6.45, 7) is 19.2. The molecular weight excluding hydrogens is 428 g/mol. The number of unbranched alkanes of at least 4 members (excludes halogenated alkanes) is 4. The number of rotatable bonds is 22. The standard InChI is InChI=1S/C23H52O6Si2/c1-9-14-19-24-30(8,25-20-15-10-2)29-31(26-21-16-11-3,27-22-17-12-4)28-23(6,7)18-13-5/h9-22H2,1-8H3. The fourth-order valence-corrected chi connectivity index (χ4v) is 8.79. The molecule has 0 aliphatic carbocycles. The van der Waals surface area contributed by atoms with Gasteiger partial charge in [-0.05, 0) is 46.0 Å². The second-order valence-electron chi connectivity index (χ2n) is 8.88. The van der Waals surface area contributed by atoms with E-state index in [1.165, 1.54) is 0 Å². The molecule has 0 aromatic carbocycles. The van der Waals surface area contributed by atoms with E-state index in [1.54, 1.807) is 0 Å².